The molecule has 0 aliphatic carbocycles. The van der Waals surface area contributed by atoms with Gasteiger partial charge in [0.1, 0.15) is 11.6 Å². The van der Waals surface area contributed by atoms with Crippen LogP contribution in [-0.2, 0) is 11.2 Å². The molecule has 1 aliphatic rings. The van der Waals surface area contributed by atoms with Crippen LogP contribution in [0.2, 0.25) is 5.02 Å². The summed E-state index contributed by atoms with van der Waals surface area (Å²) in [5, 5.41) is 3.67. The molecule has 2 rings (SSSR count). The second-order valence-corrected chi connectivity index (χ2v) is 5.57. The lowest BCUT2D eigenvalue weighted by molar-refractivity contribution is -0.118. The minimum atomic E-state index is -0.389. The minimum absolute atomic E-state index is 0.0672. The molecule has 0 aromatic heterocycles. The molecule has 1 atom stereocenters. The maximum atomic E-state index is 13.6. The predicted octanol–water partition coefficient (Wildman–Crippen LogP) is 3.37. The van der Waals surface area contributed by atoms with Crippen molar-refractivity contribution in [3.63, 3.8) is 0 Å². The van der Waals surface area contributed by atoms with Gasteiger partial charge >= 0.3 is 0 Å². The van der Waals surface area contributed by atoms with E-state index in [9.17, 15) is 9.18 Å². The molecule has 0 bridgehead atoms. The van der Waals surface area contributed by atoms with E-state index in [0.717, 1.165) is 19.5 Å². The van der Waals surface area contributed by atoms with Crippen LogP contribution in [0.1, 0.15) is 31.2 Å². The van der Waals surface area contributed by atoms with Gasteiger partial charge < -0.3 is 5.32 Å². The number of ketones is 1. The minimum Gasteiger partial charge on any atom is -0.316 e. The van der Waals surface area contributed by atoms with Crippen molar-refractivity contribution in [1.29, 1.82) is 0 Å². The van der Waals surface area contributed by atoms with E-state index >= 15 is 0 Å². The van der Waals surface area contributed by atoms with Crippen LogP contribution in [0, 0.1) is 11.7 Å². The molecule has 0 saturated carbocycles. The average Bonchev–Trinajstić information content (AvgIpc) is 2.42. The number of halogens is 2. The van der Waals surface area contributed by atoms with Crippen molar-refractivity contribution in [2.45, 2.75) is 32.1 Å². The molecule has 1 heterocycles. The molecule has 1 unspecified atom stereocenters. The van der Waals surface area contributed by atoms with Crippen LogP contribution in [0.15, 0.2) is 18.2 Å². The lowest BCUT2D eigenvalue weighted by Gasteiger charge is -2.22. The molecule has 1 saturated heterocycles. The number of rotatable bonds is 5. The first-order valence-electron chi connectivity index (χ1n) is 6.82. The van der Waals surface area contributed by atoms with Gasteiger partial charge in [0, 0.05) is 23.4 Å². The molecule has 1 fully saturated rings. The van der Waals surface area contributed by atoms with Crippen molar-refractivity contribution < 1.29 is 9.18 Å². The number of hydrogen-bond donors (Lipinski definition) is 1. The Hall–Kier alpha value is -0.930. The molecule has 0 radical (unpaired) electrons. The standard InChI is InChI=1S/C15H19ClFNO/c16-14-4-1-5-15(17)13(14)9-12(19)7-6-11-3-2-8-18-10-11/h1,4-5,11,18H,2-3,6-10H2. The van der Waals surface area contributed by atoms with Crippen LogP contribution in [0.5, 0.6) is 0 Å². The zero-order chi connectivity index (χ0) is 13.7. The topological polar surface area (TPSA) is 29.1 Å². The van der Waals surface area contributed by atoms with E-state index in [1.54, 1.807) is 12.1 Å². The van der Waals surface area contributed by atoms with Gasteiger partial charge in [0.2, 0.25) is 0 Å². The number of carbonyl (C=O) groups is 1. The lowest BCUT2D eigenvalue weighted by Crippen LogP contribution is -2.30. The van der Waals surface area contributed by atoms with Crippen LogP contribution in [0.4, 0.5) is 4.39 Å². The number of benzene rings is 1. The Bertz CT molecular complexity index is 424. The molecule has 4 heteroatoms. The lowest BCUT2D eigenvalue weighted by atomic mass is 9.92. The normalized spacial score (nSPS) is 19.4. The largest absolute Gasteiger partial charge is 0.316 e. The fourth-order valence-electron chi connectivity index (χ4n) is 2.52. The monoisotopic (exact) mass is 283 g/mol. The second kappa shape index (κ2) is 7.01. The summed E-state index contributed by atoms with van der Waals surface area (Å²) in [5.41, 5.74) is 0.330. The Morgan fingerprint density at radius 3 is 3.00 bits per heavy atom. The second-order valence-electron chi connectivity index (χ2n) is 5.17. The summed E-state index contributed by atoms with van der Waals surface area (Å²) in [6.45, 7) is 2.07. The molecule has 0 spiro atoms. The Kier molecular flexibility index (Phi) is 5.34. The summed E-state index contributed by atoms with van der Waals surface area (Å²) in [5.74, 6) is 0.256. The van der Waals surface area contributed by atoms with Crippen LogP contribution in [-0.4, -0.2) is 18.9 Å². The van der Waals surface area contributed by atoms with Gasteiger partial charge in [-0.15, -0.1) is 0 Å². The summed E-state index contributed by atoms with van der Waals surface area (Å²) in [6.07, 6.45) is 3.86. The van der Waals surface area contributed by atoms with Gasteiger partial charge in [0.25, 0.3) is 0 Å². The molecular formula is C15H19ClFNO. The first-order valence-corrected chi connectivity index (χ1v) is 7.20. The van der Waals surface area contributed by atoms with Gasteiger partial charge in [-0.1, -0.05) is 17.7 Å². The van der Waals surface area contributed by atoms with Gasteiger partial charge in [-0.2, -0.15) is 0 Å². The molecular weight excluding hydrogens is 265 g/mol. The van der Waals surface area contributed by atoms with Gasteiger partial charge in [0.15, 0.2) is 0 Å². The molecule has 1 aliphatic heterocycles. The maximum Gasteiger partial charge on any atom is 0.137 e. The predicted molar refractivity (Wildman–Crippen MR) is 74.9 cm³/mol. The van der Waals surface area contributed by atoms with E-state index in [1.165, 1.54) is 18.9 Å². The van der Waals surface area contributed by atoms with Gasteiger partial charge in [-0.3, -0.25) is 4.79 Å². The summed E-state index contributed by atoms with van der Waals surface area (Å²) >= 11 is 5.92. The van der Waals surface area contributed by atoms with E-state index in [1.807, 2.05) is 0 Å². The SMILES string of the molecule is O=C(CCC1CCCNC1)Cc1c(F)cccc1Cl. The van der Waals surface area contributed by atoms with E-state index in [0.29, 0.717) is 22.9 Å². The van der Waals surface area contributed by atoms with Crippen molar-refractivity contribution in [2.75, 3.05) is 13.1 Å². The van der Waals surface area contributed by atoms with Crippen molar-refractivity contribution in [2.24, 2.45) is 5.92 Å². The first-order chi connectivity index (χ1) is 9.16. The molecule has 1 N–H and O–H groups in total. The van der Waals surface area contributed by atoms with E-state index in [4.69, 9.17) is 11.6 Å². The highest BCUT2D eigenvalue weighted by Gasteiger charge is 2.16. The zero-order valence-electron chi connectivity index (χ0n) is 10.9. The zero-order valence-corrected chi connectivity index (χ0v) is 11.7. The van der Waals surface area contributed by atoms with Crippen molar-refractivity contribution in [1.82, 2.24) is 5.32 Å². The smallest absolute Gasteiger partial charge is 0.137 e. The van der Waals surface area contributed by atoms with Crippen LogP contribution in [0.25, 0.3) is 0 Å². The van der Waals surface area contributed by atoms with Crippen LogP contribution in [0.3, 0.4) is 0 Å². The molecule has 19 heavy (non-hydrogen) atoms. The van der Waals surface area contributed by atoms with Crippen LogP contribution >= 0.6 is 11.6 Å². The Morgan fingerprint density at radius 1 is 1.47 bits per heavy atom. The number of hydrogen-bond acceptors (Lipinski definition) is 2. The van der Waals surface area contributed by atoms with Crippen molar-refractivity contribution in [3.8, 4) is 0 Å². The number of carbonyl (C=O) groups excluding carboxylic acids is 1. The number of piperidine rings is 1. The summed E-state index contributed by atoms with van der Waals surface area (Å²) in [7, 11) is 0. The molecule has 104 valence electrons. The average molecular weight is 284 g/mol. The molecule has 1 aromatic carbocycles. The number of Topliss-reactive ketones (excluding diaryl/α,β-unsaturated/α-hetero) is 1. The fraction of sp³-hybridized carbons (Fsp3) is 0.533. The van der Waals surface area contributed by atoms with E-state index in [2.05, 4.69) is 5.32 Å². The highest BCUT2D eigenvalue weighted by atomic mass is 35.5. The Labute approximate surface area is 118 Å². The Balaban J connectivity index is 1.83. The molecule has 2 nitrogen and oxygen atoms in total. The number of nitrogens with one attached hydrogen (secondary N) is 1. The third-order valence-corrected chi connectivity index (χ3v) is 4.02. The third-order valence-electron chi connectivity index (χ3n) is 3.67. The van der Waals surface area contributed by atoms with Gasteiger partial charge in [-0.05, 0) is 50.4 Å². The highest BCUT2D eigenvalue weighted by Crippen LogP contribution is 2.21. The summed E-state index contributed by atoms with van der Waals surface area (Å²) in [4.78, 5) is 11.9. The summed E-state index contributed by atoms with van der Waals surface area (Å²) < 4.78 is 13.6. The quantitative estimate of drug-likeness (QED) is 0.898. The van der Waals surface area contributed by atoms with Gasteiger partial charge in [0.05, 0.1) is 0 Å². The van der Waals surface area contributed by atoms with E-state index < -0.39 is 0 Å². The third kappa shape index (κ3) is 4.29. The molecule has 1 aromatic rings. The van der Waals surface area contributed by atoms with Crippen molar-refractivity contribution >= 4 is 17.4 Å². The molecule has 0 amide bonds. The fourth-order valence-corrected chi connectivity index (χ4v) is 2.75. The Morgan fingerprint density at radius 2 is 2.32 bits per heavy atom. The highest BCUT2D eigenvalue weighted by molar-refractivity contribution is 6.31. The van der Waals surface area contributed by atoms with Crippen molar-refractivity contribution in [3.05, 3.63) is 34.6 Å². The van der Waals surface area contributed by atoms with Gasteiger partial charge in [-0.25, -0.2) is 4.39 Å². The van der Waals surface area contributed by atoms with E-state index in [-0.39, 0.29) is 18.0 Å². The van der Waals surface area contributed by atoms with Crippen LogP contribution < -0.4 is 5.32 Å². The summed E-state index contributed by atoms with van der Waals surface area (Å²) in [6, 6.07) is 4.52. The first kappa shape index (κ1) is 14.5. The maximum absolute atomic E-state index is 13.6.